The zero-order chi connectivity index (χ0) is 13.0. The fraction of sp³-hybridized carbons (Fsp3) is 0.385. The molecule has 18 heavy (non-hydrogen) atoms. The highest BCUT2D eigenvalue weighted by Crippen LogP contribution is 2.37. The van der Waals surface area contributed by atoms with Crippen LogP contribution in [0.2, 0.25) is 0 Å². The maximum Gasteiger partial charge on any atom is 0.272 e. The molecule has 0 amide bonds. The lowest BCUT2D eigenvalue weighted by molar-refractivity contribution is 0.101. The minimum Gasteiger partial charge on any atom is -0.493 e. The van der Waals surface area contributed by atoms with Crippen LogP contribution in [0.5, 0.6) is 17.2 Å². The molecule has 0 radical (unpaired) electrons. The van der Waals surface area contributed by atoms with Gasteiger partial charge in [0.15, 0.2) is 17.6 Å². The number of hydrogen-bond acceptors (Lipinski definition) is 5. The Morgan fingerprint density at radius 1 is 1.28 bits per heavy atom. The van der Waals surface area contributed by atoms with Gasteiger partial charge in [-0.05, 0) is 18.7 Å². The number of ether oxygens (including phenoxy) is 5. The molecule has 5 nitrogen and oxygen atoms in total. The van der Waals surface area contributed by atoms with Crippen LogP contribution in [-0.2, 0) is 9.47 Å². The molecule has 1 aliphatic rings. The van der Waals surface area contributed by atoms with Crippen LogP contribution in [0.1, 0.15) is 0 Å². The van der Waals surface area contributed by atoms with Crippen LogP contribution in [0.3, 0.4) is 0 Å². The molecular formula is C13H16O5. The molecule has 1 heterocycles. The van der Waals surface area contributed by atoms with Crippen LogP contribution < -0.4 is 14.2 Å². The highest BCUT2D eigenvalue weighted by molar-refractivity contribution is 5.51. The first kappa shape index (κ1) is 12.4. The van der Waals surface area contributed by atoms with Crippen LogP contribution in [0, 0.1) is 0 Å². The van der Waals surface area contributed by atoms with Gasteiger partial charge in [-0.3, -0.25) is 0 Å². The van der Waals surface area contributed by atoms with Crippen molar-refractivity contribution in [3.63, 3.8) is 0 Å². The molecule has 0 N–H and O–H groups in total. The van der Waals surface area contributed by atoms with Crippen LogP contribution in [0.25, 0.3) is 0 Å². The molecule has 1 aliphatic heterocycles. The van der Waals surface area contributed by atoms with Gasteiger partial charge < -0.3 is 23.7 Å². The van der Waals surface area contributed by atoms with Crippen LogP contribution in [0.15, 0.2) is 30.7 Å². The van der Waals surface area contributed by atoms with Gasteiger partial charge in [0.05, 0.1) is 14.2 Å². The summed E-state index contributed by atoms with van der Waals surface area (Å²) in [6, 6.07) is 5.45. The average Bonchev–Trinajstić information content (AvgIpc) is 2.81. The summed E-state index contributed by atoms with van der Waals surface area (Å²) in [5.74, 6) is 2.12. The second-order valence-electron chi connectivity index (χ2n) is 3.73. The minimum absolute atomic E-state index is 0.160. The molecular weight excluding hydrogens is 236 g/mol. The fourth-order valence-corrected chi connectivity index (χ4v) is 1.66. The second-order valence-corrected chi connectivity index (χ2v) is 3.73. The van der Waals surface area contributed by atoms with Crippen LogP contribution >= 0.6 is 0 Å². The molecule has 1 atom stereocenters. The fourth-order valence-electron chi connectivity index (χ4n) is 1.66. The molecule has 5 heteroatoms. The van der Waals surface area contributed by atoms with Crippen molar-refractivity contribution in [2.45, 2.75) is 6.10 Å². The number of rotatable bonds is 5. The molecule has 0 saturated carbocycles. The Morgan fingerprint density at radius 3 is 2.44 bits per heavy atom. The second kappa shape index (κ2) is 5.53. The predicted molar refractivity (Wildman–Crippen MR) is 65.0 cm³/mol. The van der Waals surface area contributed by atoms with E-state index in [0.29, 0.717) is 36.4 Å². The first-order chi connectivity index (χ1) is 8.74. The third-order valence-electron chi connectivity index (χ3n) is 2.52. The SMILES string of the molecule is C=C1OCC(COc2c(OC)cccc2OC)O1. The quantitative estimate of drug-likeness (QED) is 0.801. The first-order valence-corrected chi connectivity index (χ1v) is 5.56. The molecule has 1 aromatic rings. The lowest BCUT2D eigenvalue weighted by atomic mass is 10.3. The van der Waals surface area contributed by atoms with Crippen molar-refractivity contribution in [3.05, 3.63) is 30.7 Å². The normalized spacial score (nSPS) is 17.9. The maximum atomic E-state index is 5.69. The lowest BCUT2D eigenvalue weighted by Gasteiger charge is -2.15. The monoisotopic (exact) mass is 252 g/mol. The van der Waals surface area contributed by atoms with Gasteiger partial charge >= 0.3 is 0 Å². The van der Waals surface area contributed by atoms with Gasteiger partial charge in [0.25, 0.3) is 5.95 Å². The van der Waals surface area contributed by atoms with E-state index in [1.165, 1.54) is 0 Å². The molecule has 1 aromatic carbocycles. The Bertz CT molecular complexity index is 407. The van der Waals surface area contributed by atoms with Crippen molar-refractivity contribution in [1.82, 2.24) is 0 Å². The number of benzene rings is 1. The first-order valence-electron chi connectivity index (χ1n) is 5.56. The Balaban J connectivity index is 2.05. The molecule has 1 saturated heterocycles. The van der Waals surface area contributed by atoms with Crippen LogP contribution in [-0.4, -0.2) is 33.5 Å². The van der Waals surface area contributed by atoms with Gasteiger partial charge in [-0.2, -0.15) is 0 Å². The van der Waals surface area contributed by atoms with Gasteiger partial charge in [0.2, 0.25) is 5.75 Å². The number of para-hydroxylation sites is 1. The van der Waals surface area contributed by atoms with Gasteiger partial charge in [-0.25, -0.2) is 0 Å². The van der Waals surface area contributed by atoms with Gasteiger partial charge in [-0.15, -0.1) is 0 Å². The van der Waals surface area contributed by atoms with Crippen molar-refractivity contribution in [2.75, 3.05) is 27.4 Å². The summed E-state index contributed by atoms with van der Waals surface area (Å²) in [7, 11) is 3.16. The highest BCUT2D eigenvalue weighted by atomic mass is 16.7. The molecule has 1 fully saturated rings. The molecule has 0 bridgehead atoms. The van der Waals surface area contributed by atoms with E-state index in [1.54, 1.807) is 14.2 Å². The van der Waals surface area contributed by atoms with Gasteiger partial charge in [0, 0.05) is 0 Å². The molecule has 0 spiro atoms. The van der Waals surface area contributed by atoms with Crippen molar-refractivity contribution in [1.29, 1.82) is 0 Å². The van der Waals surface area contributed by atoms with E-state index in [-0.39, 0.29) is 6.10 Å². The standard InChI is InChI=1S/C13H16O5/c1-9-16-7-10(18-9)8-17-13-11(14-2)5-4-6-12(13)15-3/h4-6,10H,1,7-8H2,2-3H3. The van der Waals surface area contributed by atoms with E-state index in [4.69, 9.17) is 23.7 Å². The molecule has 0 aliphatic carbocycles. The Labute approximate surface area is 106 Å². The molecule has 98 valence electrons. The Hall–Kier alpha value is -2.04. The van der Waals surface area contributed by atoms with Crippen molar-refractivity contribution in [2.24, 2.45) is 0 Å². The zero-order valence-corrected chi connectivity index (χ0v) is 10.5. The summed E-state index contributed by atoms with van der Waals surface area (Å²) < 4.78 is 26.6. The summed E-state index contributed by atoms with van der Waals surface area (Å²) >= 11 is 0. The van der Waals surface area contributed by atoms with E-state index < -0.39 is 0 Å². The molecule has 0 aromatic heterocycles. The summed E-state index contributed by atoms with van der Waals surface area (Å²) in [4.78, 5) is 0. The summed E-state index contributed by atoms with van der Waals surface area (Å²) in [6.07, 6.45) is -0.160. The smallest absolute Gasteiger partial charge is 0.272 e. The largest absolute Gasteiger partial charge is 0.493 e. The zero-order valence-electron chi connectivity index (χ0n) is 10.5. The van der Waals surface area contributed by atoms with Crippen molar-refractivity contribution >= 4 is 0 Å². The Morgan fingerprint density at radius 2 is 1.94 bits per heavy atom. The number of methoxy groups -OCH3 is 2. The van der Waals surface area contributed by atoms with E-state index in [9.17, 15) is 0 Å². The molecule has 2 rings (SSSR count). The third-order valence-corrected chi connectivity index (χ3v) is 2.52. The summed E-state index contributed by atoms with van der Waals surface area (Å²) in [5, 5.41) is 0. The van der Waals surface area contributed by atoms with Gasteiger partial charge in [-0.1, -0.05) is 6.07 Å². The van der Waals surface area contributed by atoms with E-state index >= 15 is 0 Å². The maximum absolute atomic E-state index is 5.69. The average molecular weight is 252 g/mol. The predicted octanol–water partition coefficient (Wildman–Crippen LogP) is 1.97. The van der Waals surface area contributed by atoms with E-state index in [2.05, 4.69) is 6.58 Å². The highest BCUT2D eigenvalue weighted by Gasteiger charge is 2.22. The topological polar surface area (TPSA) is 46.2 Å². The van der Waals surface area contributed by atoms with Gasteiger partial charge in [0.1, 0.15) is 13.2 Å². The number of hydrogen-bond donors (Lipinski definition) is 0. The van der Waals surface area contributed by atoms with E-state index in [1.807, 2.05) is 18.2 Å². The molecule has 1 unspecified atom stereocenters. The minimum atomic E-state index is -0.160. The lowest BCUT2D eigenvalue weighted by Crippen LogP contribution is -2.19. The van der Waals surface area contributed by atoms with Crippen molar-refractivity contribution in [3.8, 4) is 17.2 Å². The summed E-state index contributed by atoms with van der Waals surface area (Å²) in [6.45, 7) is 4.36. The van der Waals surface area contributed by atoms with E-state index in [0.717, 1.165) is 0 Å². The van der Waals surface area contributed by atoms with Crippen LogP contribution in [0.4, 0.5) is 0 Å². The Kier molecular flexibility index (Phi) is 3.82. The summed E-state index contributed by atoms with van der Waals surface area (Å²) in [5.41, 5.74) is 0. The van der Waals surface area contributed by atoms with Crippen molar-refractivity contribution < 1.29 is 23.7 Å². The third kappa shape index (κ3) is 2.61.